The first kappa shape index (κ1) is 29.2. The first-order valence-corrected chi connectivity index (χ1v) is 12.7. The number of hydrogen-bond donors (Lipinski definition) is 1. The summed E-state index contributed by atoms with van der Waals surface area (Å²) in [5.74, 6) is -0.464. The minimum Gasteiger partial charge on any atom is -0.493 e. The van der Waals surface area contributed by atoms with E-state index >= 15 is 0 Å². The van der Waals surface area contributed by atoms with E-state index in [1.165, 1.54) is 26.3 Å². The molecule has 0 radical (unpaired) electrons. The van der Waals surface area contributed by atoms with Gasteiger partial charge in [0.25, 0.3) is 0 Å². The Labute approximate surface area is 236 Å². The summed E-state index contributed by atoms with van der Waals surface area (Å²) in [6, 6.07) is 14.8. The first-order chi connectivity index (χ1) is 18.1. The number of benzene rings is 2. The minimum atomic E-state index is -0.876. The van der Waals surface area contributed by atoms with Crippen LogP contribution in [-0.4, -0.2) is 41.2 Å². The predicted molar refractivity (Wildman–Crippen MR) is 148 cm³/mol. The average molecular weight is 577 g/mol. The number of aromatic nitrogens is 1. The van der Waals surface area contributed by atoms with E-state index in [0.717, 1.165) is 5.56 Å². The minimum absolute atomic E-state index is 0.0475. The van der Waals surface area contributed by atoms with Gasteiger partial charge in [-0.15, -0.1) is 0 Å². The summed E-state index contributed by atoms with van der Waals surface area (Å²) >= 11 is 17.8. The fourth-order valence-corrected chi connectivity index (χ4v) is 4.23. The van der Waals surface area contributed by atoms with Gasteiger partial charge >= 0.3 is 11.9 Å². The van der Waals surface area contributed by atoms with Crippen LogP contribution in [0.4, 0.5) is 0 Å². The zero-order valence-electron chi connectivity index (χ0n) is 21.1. The molecule has 3 rings (SSSR count). The Bertz CT molecular complexity index is 1310. The van der Waals surface area contributed by atoms with Crippen LogP contribution in [0.5, 0.6) is 17.2 Å². The molecule has 0 aliphatic carbocycles. The molecule has 1 heterocycles. The summed E-state index contributed by atoms with van der Waals surface area (Å²) < 4.78 is 22.4. The molecule has 0 unspecified atom stereocenters. The van der Waals surface area contributed by atoms with Crippen molar-refractivity contribution in [2.75, 3.05) is 7.11 Å². The van der Waals surface area contributed by atoms with Crippen LogP contribution in [0, 0.1) is 0 Å². The fraction of sp³-hybridized carbons (Fsp3) is 0.259. The van der Waals surface area contributed by atoms with E-state index in [0.29, 0.717) is 15.8 Å². The van der Waals surface area contributed by atoms with Crippen LogP contribution in [0.15, 0.2) is 60.8 Å². The number of halogens is 2. The van der Waals surface area contributed by atoms with Gasteiger partial charge in [-0.05, 0) is 37.6 Å². The normalized spacial score (nSPS) is 13.0. The number of ether oxygens (including phenoxy) is 4. The van der Waals surface area contributed by atoms with Gasteiger partial charge in [0.2, 0.25) is 5.75 Å². The number of carbonyl (C=O) groups excluding carboxylic acids is 2. The van der Waals surface area contributed by atoms with Crippen molar-refractivity contribution < 1.29 is 28.5 Å². The third-order valence-corrected chi connectivity index (χ3v) is 6.10. The van der Waals surface area contributed by atoms with Crippen LogP contribution >= 0.6 is 35.4 Å². The van der Waals surface area contributed by atoms with Crippen LogP contribution < -0.4 is 19.5 Å². The van der Waals surface area contributed by atoms with Gasteiger partial charge in [0.1, 0.15) is 28.6 Å². The van der Waals surface area contributed by atoms with Crippen molar-refractivity contribution in [1.29, 1.82) is 0 Å². The van der Waals surface area contributed by atoms with Gasteiger partial charge in [-0.1, -0.05) is 65.8 Å². The van der Waals surface area contributed by atoms with Crippen molar-refractivity contribution in [3.8, 4) is 17.2 Å². The molecule has 38 heavy (non-hydrogen) atoms. The van der Waals surface area contributed by atoms with E-state index in [9.17, 15) is 9.59 Å². The number of nitrogens with one attached hydrogen (secondary N) is 1. The Morgan fingerprint density at radius 2 is 1.74 bits per heavy atom. The van der Waals surface area contributed by atoms with E-state index in [1.54, 1.807) is 32.0 Å². The lowest BCUT2D eigenvalue weighted by Gasteiger charge is -2.27. The predicted octanol–water partition coefficient (Wildman–Crippen LogP) is 5.73. The standard InChI is InChI=1S/C27H26Cl2N2O6S/c1-15(31-26(38)23-25(36-17(3)32)22(34-4)12-13-30-23)27(33)35-16(2)24(18-8-6-5-7-9-18)37-21-11-10-19(28)14-20(21)29/h5-16,24H,1-4H3,(H,31,38)/t15-,16-,24-/m0/s1. The van der Waals surface area contributed by atoms with Gasteiger partial charge < -0.3 is 24.3 Å². The van der Waals surface area contributed by atoms with Gasteiger partial charge in [-0.2, -0.15) is 0 Å². The van der Waals surface area contributed by atoms with Crippen molar-refractivity contribution in [2.24, 2.45) is 0 Å². The second-order valence-electron chi connectivity index (χ2n) is 8.15. The van der Waals surface area contributed by atoms with Crippen LogP contribution in [0.2, 0.25) is 10.0 Å². The maximum Gasteiger partial charge on any atom is 0.328 e. The molecule has 0 aliphatic rings. The summed E-state index contributed by atoms with van der Waals surface area (Å²) in [5.41, 5.74) is 0.923. The highest BCUT2D eigenvalue weighted by Crippen LogP contribution is 2.34. The number of hydrogen-bond acceptors (Lipinski definition) is 8. The Hall–Kier alpha value is -3.40. The molecule has 1 aromatic heterocycles. The molecule has 2 aromatic carbocycles. The maximum absolute atomic E-state index is 13.0. The van der Waals surface area contributed by atoms with Gasteiger partial charge in [0.15, 0.2) is 11.9 Å². The van der Waals surface area contributed by atoms with Crippen molar-refractivity contribution in [2.45, 2.75) is 39.0 Å². The molecule has 0 saturated heterocycles. The largest absolute Gasteiger partial charge is 0.493 e. The van der Waals surface area contributed by atoms with Gasteiger partial charge in [-0.25, -0.2) is 9.78 Å². The van der Waals surface area contributed by atoms with Crippen LogP contribution in [0.3, 0.4) is 0 Å². The SMILES string of the molecule is COc1ccnc(C(=S)N[C@@H](C)C(=O)O[C@@H](C)[C@H](Oc2ccc(Cl)cc2Cl)c2ccccc2)c1OC(C)=O. The Balaban J connectivity index is 1.76. The molecule has 3 atom stereocenters. The van der Waals surface area contributed by atoms with Crippen LogP contribution in [0.1, 0.15) is 38.1 Å². The Morgan fingerprint density at radius 3 is 2.37 bits per heavy atom. The lowest BCUT2D eigenvalue weighted by atomic mass is 10.0. The topological polar surface area (TPSA) is 96.0 Å². The summed E-state index contributed by atoms with van der Waals surface area (Å²) in [7, 11) is 1.42. The molecule has 11 heteroatoms. The summed E-state index contributed by atoms with van der Waals surface area (Å²) in [6.45, 7) is 4.55. The number of thiocarbonyl (C=S) groups is 1. The highest BCUT2D eigenvalue weighted by Gasteiger charge is 2.29. The number of nitrogens with zero attached hydrogens (tertiary/aromatic N) is 1. The third kappa shape index (κ3) is 7.56. The number of rotatable bonds is 10. The van der Waals surface area contributed by atoms with Crippen molar-refractivity contribution in [3.63, 3.8) is 0 Å². The molecular weight excluding hydrogens is 551 g/mol. The van der Waals surface area contributed by atoms with Crippen molar-refractivity contribution >= 4 is 52.3 Å². The highest BCUT2D eigenvalue weighted by atomic mass is 35.5. The molecule has 3 aromatic rings. The number of pyridine rings is 1. The zero-order valence-corrected chi connectivity index (χ0v) is 23.4. The molecule has 0 spiro atoms. The van der Waals surface area contributed by atoms with Crippen molar-refractivity contribution in [3.05, 3.63) is 82.1 Å². The highest BCUT2D eigenvalue weighted by molar-refractivity contribution is 7.80. The molecule has 0 amide bonds. The van der Waals surface area contributed by atoms with Gasteiger partial charge in [0.05, 0.1) is 12.1 Å². The molecule has 0 fully saturated rings. The number of esters is 2. The second kappa shape index (κ2) is 13.4. The lowest BCUT2D eigenvalue weighted by Crippen LogP contribution is -2.41. The van der Waals surface area contributed by atoms with E-state index in [1.807, 2.05) is 30.3 Å². The lowest BCUT2D eigenvalue weighted by molar-refractivity contribution is -0.154. The number of carbonyl (C=O) groups is 2. The summed E-state index contributed by atoms with van der Waals surface area (Å²) in [6.07, 6.45) is 0.0544. The van der Waals surface area contributed by atoms with E-state index in [2.05, 4.69) is 10.3 Å². The number of methoxy groups -OCH3 is 1. The summed E-state index contributed by atoms with van der Waals surface area (Å²) in [5, 5.41) is 3.68. The Morgan fingerprint density at radius 1 is 1.03 bits per heavy atom. The van der Waals surface area contributed by atoms with Crippen LogP contribution in [0.25, 0.3) is 0 Å². The van der Waals surface area contributed by atoms with Crippen molar-refractivity contribution in [1.82, 2.24) is 10.3 Å². The van der Waals surface area contributed by atoms with E-state index in [-0.39, 0.29) is 22.2 Å². The third-order valence-electron chi connectivity index (χ3n) is 5.25. The first-order valence-electron chi connectivity index (χ1n) is 11.5. The fourth-order valence-electron chi connectivity index (χ4n) is 3.45. The molecular formula is C27H26Cl2N2O6S. The molecule has 0 bridgehead atoms. The molecule has 1 N–H and O–H groups in total. The van der Waals surface area contributed by atoms with Gasteiger partial charge in [-0.3, -0.25) is 4.79 Å². The van der Waals surface area contributed by atoms with Crippen LogP contribution in [-0.2, 0) is 14.3 Å². The quantitative estimate of drug-likeness (QED) is 0.240. The monoisotopic (exact) mass is 576 g/mol. The molecule has 8 nitrogen and oxygen atoms in total. The zero-order chi connectivity index (χ0) is 27.8. The second-order valence-corrected chi connectivity index (χ2v) is 9.40. The summed E-state index contributed by atoms with van der Waals surface area (Å²) in [4.78, 5) is 28.9. The maximum atomic E-state index is 13.0. The molecule has 0 saturated carbocycles. The Kier molecular flexibility index (Phi) is 10.3. The van der Waals surface area contributed by atoms with Gasteiger partial charge in [0, 0.05) is 24.2 Å². The van der Waals surface area contributed by atoms with E-state index in [4.69, 9.17) is 54.4 Å². The average Bonchev–Trinajstić information content (AvgIpc) is 2.88. The molecule has 0 aliphatic heterocycles. The smallest absolute Gasteiger partial charge is 0.328 e. The van der Waals surface area contributed by atoms with E-state index < -0.39 is 30.2 Å². The molecule has 200 valence electrons.